The molecule has 2 aromatic rings. The number of carbonyl (C=O) groups is 1. The summed E-state index contributed by atoms with van der Waals surface area (Å²) in [6.07, 6.45) is 1.64. The summed E-state index contributed by atoms with van der Waals surface area (Å²) in [7, 11) is 0. The van der Waals surface area contributed by atoms with Crippen LogP contribution in [0, 0.1) is 6.92 Å². The lowest BCUT2D eigenvalue weighted by molar-refractivity contribution is 0.102. The number of furan rings is 1. The van der Waals surface area contributed by atoms with Crippen molar-refractivity contribution in [1.29, 1.82) is 0 Å². The number of halogens is 1. The summed E-state index contributed by atoms with van der Waals surface area (Å²) in [4.78, 5) is 13.0. The van der Waals surface area contributed by atoms with Crippen LogP contribution in [0.5, 0.6) is 0 Å². The van der Waals surface area contributed by atoms with Gasteiger partial charge in [0.05, 0.1) is 12.0 Å². The van der Waals surface area contributed by atoms with Crippen LogP contribution < -0.4 is 0 Å². The zero-order valence-electron chi connectivity index (χ0n) is 9.27. The van der Waals surface area contributed by atoms with Crippen LogP contribution in [-0.2, 0) is 0 Å². The first-order valence-electron chi connectivity index (χ1n) is 5.13. The van der Waals surface area contributed by atoms with Crippen LogP contribution in [0.4, 0.5) is 0 Å². The third kappa shape index (κ3) is 3.01. The fraction of sp³-hybridized carbons (Fsp3) is 0.154. The van der Waals surface area contributed by atoms with Crippen molar-refractivity contribution in [3.8, 4) is 0 Å². The number of ketones is 1. The van der Waals surface area contributed by atoms with Gasteiger partial charge in [-0.05, 0) is 19.1 Å². The quantitative estimate of drug-likeness (QED) is 0.622. The molecule has 0 atom stereocenters. The van der Waals surface area contributed by atoms with Gasteiger partial charge in [0.2, 0.25) is 0 Å². The Morgan fingerprint density at radius 3 is 2.76 bits per heavy atom. The maximum atomic E-state index is 12.0. The molecule has 0 aliphatic carbocycles. The van der Waals surface area contributed by atoms with Crippen LogP contribution in [0.25, 0.3) is 0 Å². The minimum absolute atomic E-state index is 0.114. The van der Waals surface area contributed by atoms with Crippen LogP contribution in [0.1, 0.15) is 16.1 Å². The molecule has 1 aromatic carbocycles. The fourth-order valence-electron chi connectivity index (χ4n) is 1.43. The SMILES string of the molecule is Cc1occc1SCC(=O)c1ccccc1Br. The minimum Gasteiger partial charge on any atom is -0.468 e. The van der Waals surface area contributed by atoms with E-state index in [9.17, 15) is 4.79 Å². The van der Waals surface area contributed by atoms with Crippen molar-refractivity contribution in [3.63, 3.8) is 0 Å². The molecule has 1 heterocycles. The second kappa shape index (κ2) is 5.56. The molecule has 1 aromatic heterocycles. The Balaban J connectivity index is 2.04. The third-order valence-electron chi connectivity index (χ3n) is 2.34. The van der Waals surface area contributed by atoms with Crippen LogP contribution in [0.3, 0.4) is 0 Å². The Morgan fingerprint density at radius 2 is 2.12 bits per heavy atom. The Hall–Kier alpha value is -1.00. The molecule has 2 nitrogen and oxygen atoms in total. The molecule has 0 amide bonds. The molecule has 0 spiro atoms. The van der Waals surface area contributed by atoms with Crippen molar-refractivity contribution in [2.45, 2.75) is 11.8 Å². The normalized spacial score (nSPS) is 10.5. The van der Waals surface area contributed by atoms with Crippen LogP contribution in [0.2, 0.25) is 0 Å². The maximum absolute atomic E-state index is 12.0. The summed E-state index contributed by atoms with van der Waals surface area (Å²) in [5, 5.41) is 0. The summed E-state index contributed by atoms with van der Waals surface area (Å²) in [6, 6.07) is 9.35. The van der Waals surface area contributed by atoms with Crippen LogP contribution in [-0.4, -0.2) is 11.5 Å². The molecular weight excluding hydrogens is 300 g/mol. The van der Waals surface area contributed by atoms with Crippen molar-refractivity contribution < 1.29 is 9.21 Å². The smallest absolute Gasteiger partial charge is 0.174 e. The molecule has 0 bridgehead atoms. The summed E-state index contributed by atoms with van der Waals surface area (Å²) in [6.45, 7) is 1.89. The van der Waals surface area contributed by atoms with Gasteiger partial charge < -0.3 is 4.42 Å². The van der Waals surface area contributed by atoms with Crippen LogP contribution in [0.15, 0.2) is 50.4 Å². The number of rotatable bonds is 4. The molecule has 0 N–H and O–H groups in total. The van der Waals surface area contributed by atoms with E-state index < -0.39 is 0 Å². The van der Waals surface area contributed by atoms with Gasteiger partial charge in [-0.1, -0.05) is 34.1 Å². The summed E-state index contributed by atoms with van der Waals surface area (Å²) >= 11 is 4.88. The second-order valence-electron chi connectivity index (χ2n) is 3.53. The van der Waals surface area contributed by atoms with Crippen molar-refractivity contribution in [3.05, 3.63) is 52.4 Å². The Kier molecular flexibility index (Phi) is 4.07. The van der Waals surface area contributed by atoms with E-state index >= 15 is 0 Å². The molecule has 2 rings (SSSR count). The van der Waals surface area contributed by atoms with Gasteiger partial charge in [0, 0.05) is 14.9 Å². The van der Waals surface area contributed by atoms with Gasteiger partial charge in [-0.15, -0.1) is 11.8 Å². The molecule has 0 saturated carbocycles. The molecule has 88 valence electrons. The van der Waals surface area contributed by atoms with Gasteiger partial charge in [0.15, 0.2) is 5.78 Å². The summed E-state index contributed by atoms with van der Waals surface area (Å²) in [5.41, 5.74) is 0.723. The topological polar surface area (TPSA) is 30.2 Å². The van der Waals surface area contributed by atoms with Gasteiger partial charge >= 0.3 is 0 Å². The largest absolute Gasteiger partial charge is 0.468 e. The highest BCUT2D eigenvalue weighted by Gasteiger charge is 2.11. The minimum atomic E-state index is 0.114. The monoisotopic (exact) mass is 310 g/mol. The lowest BCUT2D eigenvalue weighted by atomic mass is 10.1. The maximum Gasteiger partial charge on any atom is 0.174 e. The van der Waals surface area contributed by atoms with Crippen molar-refractivity contribution in [1.82, 2.24) is 0 Å². The van der Waals surface area contributed by atoms with E-state index in [1.807, 2.05) is 37.3 Å². The zero-order chi connectivity index (χ0) is 12.3. The summed E-state index contributed by atoms with van der Waals surface area (Å²) < 4.78 is 6.03. The van der Waals surface area contributed by atoms with Gasteiger partial charge in [-0.3, -0.25) is 4.79 Å². The molecule has 0 aliphatic heterocycles. The predicted molar refractivity (Wildman–Crippen MR) is 72.6 cm³/mol. The zero-order valence-corrected chi connectivity index (χ0v) is 11.7. The van der Waals surface area contributed by atoms with Gasteiger partial charge in [-0.2, -0.15) is 0 Å². The second-order valence-corrected chi connectivity index (χ2v) is 5.40. The summed E-state index contributed by atoms with van der Waals surface area (Å²) in [5.74, 6) is 1.39. The molecule has 0 unspecified atom stereocenters. The molecule has 0 aliphatic rings. The van der Waals surface area contributed by atoms with E-state index in [-0.39, 0.29) is 5.78 Å². The third-order valence-corrected chi connectivity index (χ3v) is 4.18. The van der Waals surface area contributed by atoms with E-state index in [2.05, 4.69) is 15.9 Å². The molecule has 17 heavy (non-hydrogen) atoms. The molecular formula is C13H11BrO2S. The standard InChI is InChI=1S/C13H11BrO2S/c1-9-13(6-7-16-9)17-8-12(15)10-4-2-3-5-11(10)14/h2-7H,8H2,1H3. The predicted octanol–water partition coefficient (Wildman–Crippen LogP) is 4.33. The molecule has 0 fully saturated rings. The van der Waals surface area contributed by atoms with E-state index in [1.54, 1.807) is 6.26 Å². The van der Waals surface area contributed by atoms with E-state index in [0.717, 1.165) is 20.7 Å². The number of hydrogen-bond donors (Lipinski definition) is 0. The van der Waals surface area contributed by atoms with E-state index in [0.29, 0.717) is 5.75 Å². The Bertz CT molecular complexity index is 534. The first-order valence-corrected chi connectivity index (χ1v) is 6.91. The lowest BCUT2D eigenvalue weighted by Crippen LogP contribution is -2.03. The molecule has 0 radical (unpaired) electrons. The number of Topliss-reactive ketones (excluding diaryl/α,β-unsaturated/α-hetero) is 1. The number of aryl methyl sites for hydroxylation is 1. The van der Waals surface area contributed by atoms with E-state index in [4.69, 9.17) is 4.42 Å². The molecule has 0 saturated heterocycles. The number of hydrogen-bond acceptors (Lipinski definition) is 3. The number of thioether (sulfide) groups is 1. The lowest BCUT2D eigenvalue weighted by Gasteiger charge is -2.02. The van der Waals surface area contributed by atoms with Crippen LogP contribution >= 0.6 is 27.7 Å². The number of benzene rings is 1. The first-order chi connectivity index (χ1) is 8.18. The first kappa shape index (κ1) is 12.5. The highest BCUT2D eigenvalue weighted by Crippen LogP contribution is 2.25. The van der Waals surface area contributed by atoms with Crippen molar-refractivity contribution in [2.24, 2.45) is 0 Å². The van der Waals surface area contributed by atoms with Gasteiger partial charge in [-0.25, -0.2) is 0 Å². The van der Waals surface area contributed by atoms with Crippen molar-refractivity contribution >= 4 is 33.5 Å². The Morgan fingerprint density at radius 1 is 1.35 bits per heavy atom. The average molecular weight is 311 g/mol. The highest BCUT2D eigenvalue weighted by atomic mass is 79.9. The average Bonchev–Trinajstić information content (AvgIpc) is 2.72. The highest BCUT2D eigenvalue weighted by molar-refractivity contribution is 9.10. The Labute approximate surface area is 113 Å². The van der Waals surface area contributed by atoms with Gasteiger partial charge in [0.25, 0.3) is 0 Å². The molecule has 4 heteroatoms. The van der Waals surface area contributed by atoms with Crippen molar-refractivity contribution in [2.75, 3.05) is 5.75 Å². The fourth-order valence-corrected chi connectivity index (χ4v) is 2.78. The number of carbonyl (C=O) groups excluding carboxylic acids is 1. The van der Waals surface area contributed by atoms with Gasteiger partial charge in [0.1, 0.15) is 5.76 Å². The van der Waals surface area contributed by atoms with E-state index in [1.165, 1.54) is 11.8 Å².